The third kappa shape index (κ3) is 4.22. The van der Waals surface area contributed by atoms with Crippen LogP contribution in [0.25, 0.3) is 0 Å². The molecule has 2 unspecified atom stereocenters. The molecule has 1 aliphatic heterocycles. The van der Waals surface area contributed by atoms with Gasteiger partial charge in [0.25, 0.3) is 0 Å². The van der Waals surface area contributed by atoms with Gasteiger partial charge in [0, 0.05) is 6.04 Å². The molecule has 1 saturated heterocycles. The van der Waals surface area contributed by atoms with Crippen molar-refractivity contribution in [2.75, 3.05) is 18.6 Å². The van der Waals surface area contributed by atoms with Gasteiger partial charge in [0.15, 0.2) is 0 Å². The molecule has 0 radical (unpaired) electrons. The van der Waals surface area contributed by atoms with E-state index in [4.69, 9.17) is 0 Å². The molecule has 1 rings (SSSR count). The summed E-state index contributed by atoms with van der Waals surface area (Å²) in [7, 11) is 2.13. The molecule has 2 heteroatoms. The summed E-state index contributed by atoms with van der Waals surface area (Å²) in [6.45, 7) is 4.64. The van der Waals surface area contributed by atoms with E-state index in [1.165, 1.54) is 37.2 Å². The molecule has 0 aliphatic carbocycles. The number of hydrogen-bond donors (Lipinski definition) is 1. The van der Waals surface area contributed by atoms with Gasteiger partial charge in [0.2, 0.25) is 0 Å². The summed E-state index contributed by atoms with van der Waals surface area (Å²) in [5.41, 5.74) is 0. The smallest absolute Gasteiger partial charge is 0.0100 e. The molecule has 0 aromatic carbocycles. The molecule has 0 aromatic heterocycles. The summed E-state index contributed by atoms with van der Waals surface area (Å²) in [4.78, 5) is 0. The van der Waals surface area contributed by atoms with Crippen LogP contribution in [0.1, 0.15) is 39.5 Å². The molecule has 1 nitrogen and oxygen atoms in total. The third-order valence-corrected chi connectivity index (χ3v) is 4.39. The maximum atomic E-state index is 3.50. The summed E-state index contributed by atoms with van der Waals surface area (Å²) >= 11 is 2.13. The second-order valence-corrected chi connectivity index (χ2v) is 5.99. The lowest BCUT2D eigenvalue weighted by Crippen LogP contribution is -2.33. The molecule has 2 atom stereocenters. The summed E-state index contributed by atoms with van der Waals surface area (Å²) in [5.74, 6) is 4.57. The second kappa shape index (κ2) is 6.73. The largest absolute Gasteiger partial charge is 0.317 e. The number of hydrogen-bond acceptors (Lipinski definition) is 2. The summed E-state index contributed by atoms with van der Waals surface area (Å²) in [6, 6.07) is 0.781. The predicted octanol–water partition coefficient (Wildman–Crippen LogP) is 3.15. The monoisotopic (exact) mass is 215 g/mol. The molecule has 0 spiro atoms. The van der Waals surface area contributed by atoms with Crippen molar-refractivity contribution >= 4 is 11.8 Å². The van der Waals surface area contributed by atoms with Crippen molar-refractivity contribution in [1.82, 2.24) is 5.32 Å². The highest BCUT2D eigenvalue weighted by atomic mass is 32.2. The molecule has 0 saturated carbocycles. The Balaban J connectivity index is 2.17. The molecule has 14 heavy (non-hydrogen) atoms. The van der Waals surface area contributed by atoms with Gasteiger partial charge in [-0.15, -0.1) is 0 Å². The molecule has 1 heterocycles. The number of nitrogens with one attached hydrogen (secondary N) is 1. The topological polar surface area (TPSA) is 12.0 Å². The molecular formula is C12H25NS. The van der Waals surface area contributed by atoms with Crippen LogP contribution in [0.15, 0.2) is 0 Å². The summed E-state index contributed by atoms with van der Waals surface area (Å²) in [5, 5.41) is 3.50. The Kier molecular flexibility index (Phi) is 5.95. The SMILES string of the molecule is CNC(CCCC(C)C)C1CCSC1. The lowest BCUT2D eigenvalue weighted by atomic mass is 9.93. The van der Waals surface area contributed by atoms with Gasteiger partial charge in [-0.05, 0) is 43.2 Å². The molecule has 0 amide bonds. The number of thioether (sulfide) groups is 1. The Morgan fingerprint density at radius 2 is 2.14 bits per heavy atom. The van der Waals surface area contributed by atoms with Gasteiger partial charge >= 0.3 is 0 Å². The third-order valence-electron chi connectivity index (χ3n) is 3.20. The summed E-state index contributed by atoms with van der Waals surface area (Å²) < 4.78 is 0. The predicted molar refractivity (Wildman–Crippen MR) is 67.0 cm³/mol. The van der Waals surface area contributed by atoms with E-state index < -0.39 is 0 Å². The van der Waals surface area contributed by atoms with Gasteiger partial charge in [0.1, 0.15) is 0 Å². The van der Waals surface area contributed by atoms with E-state index in [0.29, 0.717) is 0 Å². The Hall–Kier alpha value is 0.310. The first-order chi connectivity index (χ1) is 6.74. The van der Waals surface area contributed by atoms with Crippen LogP contribution < -0.4 is 5.32 Å². The van der Waals surface area contributed by atoms with E-state index in [0.717, 1.165) is 17.9 Å². The van der Waals surface area contributed by atoms with Crippen LogP contribution in [-0.4, -0.2) is 24.6 Å². The average Bonchev–Trinajstić information content (AvgIpc) is 2.64. The maximum Gasteiger partial charge on any atom is 0.0100 e. The van der Waals surface area contributed by atoms with Crippen LogP contribution in [0.4, 0.5) is 0 Å². The van der Waals surface area contributed by atoms with Crippen molar-refractivity contribution in [3.8, 4) is 0 Å². The highest BCUT2D eigenvalue weighted by Crippen LogP contribution is 2.28. The van der Waals surface area contributed by atoms with Crippen molar-refractivity contribution < 1.29 is 0 Å². The fourth-order valence-corrected chi connectivity index (χ4v) is 3.57. The Bertz CT molecular complexity index is 141. The fourth-order valence-electron chi connectivity index (χ4n) is 2.23. The zero-order valence-corrected chi connectivity index (χ0v) is 10.7. The molecule has 0 aromatic rings. The first kappa shape index (κ1) is 12.4. The summed E-state index contributed by atoms with van der Waals surface area (Å²) in [6.07, 6.45) is 5.58. The Morgan fingerprint density at radius 3 is 2.64 bits per heavy atom. The first-order valence-corrected chi connectivity index (χ1v) is 7.14. The van der Waals surface area contributed by atoms with Gasteiger partial charge in [-0.25, -0.2) is 0 Å². The van der Waals surface area contributed by atoms with Crippen LogP contribution >= 0.6 is 11.8 Å². The Morgan fingerprint density at radius 1 is 1.36 bits per heavy atom. The average molecular weight is 215 g/mol. The number of rotatable bonds is 6. The van der Waals surface area contributed by atoms with Gasteiger partial charge in [-0.1, -0.05) is 26.7 Å². The van der Waals surface area contributed by atoms with Crippen LogP contribution in [0.2, 0.25) is 0 Å². The van der Waals surface area contributed by atoms with Crippen LogP contribution in [0.3, 0.4) is 0 Å². The van der Waals surface area contributed by atoms with Crippen LogP contribution in [0.5, 0.6) is 0 Å². The van der Waals surface area contributed by atoms with Gasteiger partial charge in [-0.2, -0.15) is 11.8 Å². The van der Waals surface area contributed by atoms with E-state index in [1.807, 2.05) is 0 Å². The molecule has 84 valence electrons. The lowest BCUT2D eigenvalue weighted by Gasteiger charge is -2.22. The van der Waals surface area contributed by atoms with Crippen LogP contribution in [-0.2, 0) is 0 Å². The minimum atomic E-state index is 0.781. The zero-order valence-electron chi connectivity index (χ0n) is 9.88. The highest BCUT2D eigenvalue weighted by molar-refractivity contribution is 7.99. The van der Waals surface area contributed by atoms with Gasteiger partial charge < -0.3 is 5.32 Å². The van der Waals surface area contributed by atoms with E-state index in [-0.39, 0.29) is 0 Å². The molecule has 1 fully saturated rings. The normalized spacial score (nSPS) is 24.4. The van der Waals surface area contributed by atoms with Crippen molar-refractivity contribution in [2.45, 2.75) is 45.6 Å². The van der Waals surface area contributed by atoms with Crippen molar-refractivity contribution in [3.05, 3.63) is 0 Å². The zero-order chi connectivity index (χ0) is 10.4. The highest BCUT2D eigenvalue weighted by Gasteiger charge is 2.23. The molecular weight excluding hydrogens is 190 g/mol. The maximum absolute atomic E-state index is 3.50. The van der Waals surface area contributed by atoms with Crippen molar-refractivity contribution in [2.24, 2.45) is 11.8 Å². The lowest BCUT2D eigenvalue weighted by molar-refractivity contribution is 0.363. The van der Waals surface area contributed by atoms with Crippen molar-refractivity contribution in [1.29, 1.82) is 0 Å². The van der Waals surface area contributed by atoms with E-state index in [9.17, 15) is 0 Å². The quantitative estimate of drug-likeness (QED) is 0.730. The van der Waals surface area contributed by atoms with E-state index >= 15 is 0 Å². The standard InChI is InChI=1S/C12H25NS/c1-10(2)5-4-6-12(13-3)11-7-8-14-9-11/h10-13H,4-9H2,1-3H3. The van der Waals surface area contributed by atoms with E-state index in [2.05, 4.69) is 38.0 Å². The fraction of sp³-hybridized carbons (Fsp3) is 1.00. The Labute approximate surface area is 93.4 Å². The molecule has 0 bridgehead atoms. The molecule has 1 N–H and O–H groups in total. The molecule has 1 aliphatic rings. The first-order valence-electron chi connectivity index (χ1n) is 5.99. The van der Waals surface area contributed by atoms with Crippen molar-refractivity contribution in [3.63, 3.8) is 0 Å². The van der Waals surface area contributed by atoms with Gasteiger partial charge in [-0.3, -0.25) is 0 Å². The minimum absolute atomic E-state index is 0.781. The minimum Gasteiger partial charge on any atom is -0.317 e. The van der Waals surface area contributed by atoms with Gasteiger partial charge in [0.05, 0.1) is 0 Å². The second-order valence-electron chi connectivity index (χ2n) is 4.84. The van der Waals surface area contributed by atoms with E-state index in [1.54, 1.807) is 0 Å². The van der Waals surface area contributed by atoms with Crippen LogP contribution in [0, 0.1) is 11.8 Å².